The van der Waals surface area contributed by atoms with Crippen molar-refractivity contribution in [1.82, 2.24) is 20.4 Å². The monoisotopic (exact) mass is 298 g/mol. The van der Waals surface area contributed by atoms with Crippen LogP contribution < -0.4 is 10.6 Å². The molecule has 5 nitrogen and oxygen atoms in total. The number of amides is 1. The van der Waals surface area contributed by atoms with Gasteiger partial charge in [0.25, 0.3) is 0 Å². The number of aryl methyl sites for hydroxylation is 1. The number of benzene rings is 1. The van der Waals surface area contributed by atoms with Crippen LogP contribution >= 0.6 is 0 Å². The molecule has 0 radical (unpaired) electrons. The number of piperidine rings is 1. The molecule has 2 aromatic rings. The Morgan fingerprint density at radius 3 is 3.00 bits per heavy atom. The summed E-state index contributed by atoms with van der Waals surface area (Å²) in [4.78, 5) is 12.0. The van der Waals surface area contributed by atoms with Gasteiger partial charge in [0.05, 0.1) is 11.9 Å². The van der Waals surface area contributed by atoms with Gasteiger partial charge in [0.15, 0.2) is 0 Å². The molecule has 1 aromatic carbocycles. The Morgan fingerprint density at radius 1 is 1.36 bits per heavy atom. The first kappa shape index (κ1) is 14.8. The molecule has 0 bridgehead atoms. The number of hydrogen-bond donors (Lipinski definition) is 2. The van der Waals surface area contributed by atoms with Crippen molar-refractivity contribution in [2.24, 2.45) is 0 Å². The van der Waals surface area contributed by atoms with E-state index in [0.717, 1.165) is 43.6 Å². The molecule has 5 heteroatoms. The fraction of sp³-hybridized carbons (Fsp3) is 0.412. The third kappa shape index (κ3) is 3.95. The normalized spacial score (nSPS) is 18.1. The number of nitrogens with zero attached hydrogens (tertiary/aromatic N) is 2. The van der Waals surface area contributed by atoms with Crippen molar-refractivity contribution in [3.8, 4) is 5.69 Å². The van der Waals surface area contributed by atoms with Crippen molar-refractivity contribution >= 4 is 5.91 Å². The molecule has 2 heterocycles. The van der Waals surface area contributed by atoms with Crippen molar-refractivity contribution in [2.45, 2.75) is 31.7 Å². The number of hydrogen-bond acceptors (Lipinski definition) is 3. The first-order valence-corrected chi connectivity index (χ1v) is 7.90. The van der Waals surface area contributed by atoms with Gasteiger partial charge in [-0.15, -0.1) is 0 Å². The Hall–Kier alpha value is -2.14. The molecule has 0 unspecified atom stereocenters. The van der Waals surface area contributed by atoms with Gasteiger partial charge in [-0.05, 0) is 43.5 Å². The van der Waals surface area contributed by atoms with Gasteiger partial charge in [-0.3, -0.25) is 4.79 Å². The van der Waals surface area contributed by atoms with Gasteiger partial charge in [-0.25, -0.2) is 4.68 Å². The Labute approximate surface area is 130 Å². The highest BCUT2D eigenvalue weighted by Crippen LogP contribution is 2.09. The van der Waals surface area contributed by atoms with Gasteiger partial charge in [-0.2, -0.15) is 5.10 Å². The summed E-state index contributed by atoms with van der Waals surface area (Å²) in [6.07, 6.45) is 7.27. The fourth-order valence-corrected chi connectivity index (χ4v) is 2.74. The standard InChI is InChI=1S/C17H22N4O/c22-17(20-15-5-4-10-18-12-15)9-8-14-11-19-21(13-14)16-6-2-1-3-7-16/h1-3,6-7,11,13,15,18H,4-5,8-10,12H2,(H,20,22)/t15-/m0/s1. The van der Waals surface area contributed by atoms with E-state index in [1.807, 2.05) is 47.4 Å². The maximum absolute atomic E-state index is 12.0. The zero-order chi connectivity index (χ0) is 15.2. The van der Waals surface area contributed by atoms with Crippen LogP contribution in [0.25, 0.3) is 5.69 Å². The van der Waals surface area contributed by atoms with E-state index in [-0.39, 0.29) is 11.9 Å². The molecule has 0 aliphatic carbocycles. The minimum Gasteiger partial charge on any atom is -0.352 e. The highest BCUT2D eigenvalue weighted by Gasteiger charge is 2.15. The summed E-state index contributed by atoms with van der Waals surface area (Å²) in [6, 6.07) is 10.3. The van der Waals surface area contributed by atoms with Crippen molar-refractivity contribution in [2.75, 3.05) is 13.1 Å². The van der Waals surface area contributed by atoms with Crippen LogP contribution in [0.3, 0.4) is 0 Å². The zero-order valence-corrected chi connectivity index (χ0v) is 12.7. The van der Waals surface area contributed by atoms with Crippen LogP contribution in [-0.2, 0) is 11.2 Å². The summed E-state index contributed by atoms with van der Waals surface area (Å²) in [6.45, 7) is 1.95. The second kappa shape index (κ2) is 7.22. The predicted molar refractivity (Wildman–Crippen MR) is 85.9 cm³/mol. The maximum atomic E-state index is 12.0. The van der Waals surface area contributed by atoms with Crippen molar-refractivity contribution in [3.63, 3.8) is 0 Å². The lowest BCUT2D eigenvalue weighted by Crippen LogP contribution is -2.45. The van der Waals surface area contributed by atoms with Crippen LogP contribution in [0, 0.1) is 0 Å². The Kier molecular flexibility index (Phi) is 4.85. The molecule has 2 N–H and O–H groups in total. The van der Waals surface area contributed by atoms with E-state index in [1.54, 1.807) is 0 Å². The molecule has 1 aliphatic heterocycles. The number of aromatic nitrogens is 2. The fourth-order valence-electron chi connectivity index (χ4n) is 2.74. The number of rotatable bonds is 5. The molecular formula is C17H22N4O. The van der Waals surface area contributed by atoms with Gasteiger partial charge in [0.1, 0.15) is 0 Å². The summed E-state index contributed by atoms with van der Waals surface area (Å²) in [5, 5.41) is 10.8. The summed E-state index contributed by atoms with van der Waals surface area (Å²) < 4.78 is 1.85. The molecule has 0 spiro atoms. The molecule has 1 fully saturated rings. The average Bonchev–Trinajstić information content (AvgIpc) is 3.04. The quantitative estimate of drug-likeness (QED) is 0.883. The van der Waals surface area contributed by atoms with E-state index in [9.17, 15) is 4.79 Å². The van der Waals surface area contributed by atoms with Gasteiger partial charge >= 0.3 is 0 Å². The molecule has 1 saturated heterocycles. The lowest BCUT2D eigenvalue weighted by atomic mass is 10.1. The lowest BCUT2D eigenvalue weighted by Gasteiger charge is -2.23. The van der Waals surface area contributed by atoms with Gasteiger partial charge in [0.2, 0.25) is 5.91 Å². The second-order valence-corrected chi connectivity index (χ2v) is 5.74. The minimum absolute atomic E-state index is 0.126. The molecule has 22 heavy (non-hydrogen) atoms. The van der Waals surface area contributed by atoms with Crippen LogP contribution in [0.4, 0.5) is 0 Å². The molecule has 1 aromatic heterocycles. The topological polar surface area (TPSA) is 59.0 Å². The summed E-state index contributed by atoms with van der Waals surface area (Å²) >= 11 is 0. The van der Waals surface area contributed by atoms with Gasteiger partial charge < -0.3 is 10.6 Å². The van der Waals surface area contributed by atoms with Crippen LogP contribution in [-0.4, -0.2) is 34.8 Å². The highest BCUT2D eigenvalue weighted by molar-refractivity contribution is 5.76. The first-order chi connectivity index (χ1) is 10.8. The van der Waals surface area contributed by atoms with Crippen molar-refractivity contribution in [3.05, 3.63) is 48.3 Å². The van der Waals surface area contributed by atoms with E-state index in [1.165, 1.54) is 0 Å². The van der Waals surface area contributed by atoms with Gasteiger partial charge in [-0.1, -0.05) is 18.2 Å². The summed E-state index contributed by atoms with van der Waals surface area (Å²) in [7, 11) is 0. The number of para-hydroxylation sites is 1. The van der Waals surface area contributed by atoms with E-state index in [0.29, 0.717) is 6.42 Å². The molecule has 3 rings (SSSR count). The first-order valence-electron chi connectivity index (χ1n) is 7.90. The van der Waals surface area contributed by atoms with Crippen LogP contribution in [0.1, 0.15) is 24.8 Å². The van der Waals surface area contributed by atoms with Crippen molar-refractivity contribution < 1.29 is 4.79 Å². The molecule has 1 aliphatic rings. The van der Waals surface area contributed by atoms with E-state index < -0.39 is 0 Å². The van der Waals surface area contributed by atoms with E-state index >= 15 is 0 Å². The lowest BCUT2D eigenvalue weighted by molar-refractivity contribution is -0.121. The molecular weight excluding hydrogens is 276 g/mol. The number of carbonyl (C=O) groups is 1. The van der Waals surface area contributed by atoms with Crippen LogP contribution in [0.15, 0.2) is 42.7 Å². The Bertz CT molecular complexity index is 602. The third-order valence-corrected chi connectivity index (χ3v) is 3.96. The highest BCUT2D eigenvalue weighted by atomic mass is 16.1. The second-order valence-electron chi connectivity index (χ2n) is 5.74. The van der Waals surface area contributed by atoms with E-state index in [4.69, 9.17) is 0 Å². The zero-order valence-electron chi connectivity index (χ0n) is 12.7. The predicted octanol–water partition coefficient (Wildman–Crippen LogP) is 1.67. The third-order valence-electron chi connectivity index (χ3n) is 3.96. The van der Waals surface area contributed by atoms with Crippen molar-refractivity contribution in [1.29, 1.82) is 0 Å². The largest absolute Gasteiger partial charge is 0.352 e. The summed E-state index contributed by atoms with van der Waals surface area (Å²) in [5.41, 5.74) is 2.12. The minimum atomic E-state index is 0.126. The maximum Gasteiger partial charge on any atom is 0.220 e. The smallest absolute Gasteiger partial charge is 0.220 e. The van der Waals surface area contributed by atoms with Crippen LogP contribution in [0.2, 0.25) is 0 Å². The molecule has 116 valence electrons. The van der Waals surface area contributed by atoms with E-state index in [2.05, 4.69) is 15.7 Å². The Morgan fingerprint density at radius 2 is 2.23 bits per heavy atom. The SMILES string of the molecule is O=C(CCc1cnn(-c2ccccc2)c1)N[C@H]1CCCNC1. The number of nitrogens with one attached hydrogen (secondary N) is 2. The van der Waals surface area contributed by atoms with Gasteiger partial charge in [0, 0.05) is 25.2 Å². The van der Waals surface area contributed by atoms with Crippen LogP contribution in [0.5, 0.6) is 0 Å². The Balaban J connectivity index is 1.49. The molecule has 1 amide bonds. The summed E-state index contributed by atoms with van der Waals surface area (Å²) in [5.74, 6) is 0.126. The molecule has 0 saturated carbocycles. The average molecular weight is 298 g/mol. The number of carbonyl (C=O) groups excluding carboxylic acids is 1. The molecule has 1 atom stereocenters.